The Morgan fingerprint density at radius 3 is 2.31 bits per heavy atom. The van der Waals surface area contributed by atoms with Crippen LogP contribution < -0.4 is 15.5 Å². The van der Waals surface area contributed by atoms with Crippen molar-refractivity contribution in [1.29, 1.82) is 0 Å². The van der Waals surface area contributed by atoms with Gasteiger partial charge in [-0.25, -0.2) is 0 Å². The fourth-order valence-electron chi connectivity index (χ4n) is 4.59. The zero-order valence-corrected chi connectivity index (χ0v) is 17.3. The van der Waals surface area contributed by atoms with E-state index in [-0.39, 0.29) is 14.7 Å². The minimum absolute atomic E-state index is 0. The third-order valence-electron chi connectivity index (χ3n) is 6.45. The molecule has 3 saturated heterocycles. The van der Waals surface area contributed by atoms with Gasteiger partial charge in [0.2, 0.25) is 5.91 Å². The lowest BCUT2D eigenvalue weighted by molar-refractivity contribution is -0.121. The van der Waals surface area contributed by atoms with Crippen molar-refractivity contribution in [1.82, 2.24) is 20.4 Å². The molecular formula is C23H37N5O. The monoisotopic (exact) mass is 399 g/mol. The Balaban J connectivity index is 0.00000171. The first kappa shape index (κ1) is 20.2. The van der Waals surface area contributed by atoms with Crippen LogP contribution in [0.1, 0.15) is 27.2 Å². The van der Waals surface area contributed by atoms with E-state index < -0.39 is 0 Å². The molecule has 3 aliphatic rings. The molecule has 1 unspecified atom stereocenters. The smallest absolute Gasteiger partial charge is 0.224 e. The lowest BCUT2D eigenvalue weighted by Gasteiger charge is -2.37. The molecular weight excluding hydrogens is 362 g/mol. The van der Waals surface area contributed by atoms with Crippen molar-refractivity contribution in [2.75, 3.05) is 70.3 Å². The van der Waals surface area contributed by atoms with Crippen molar-refractivity contribution < 1.29 is 7.65 Å². The van der Waals surface area contributed by atoms with Gasteiger partial charge in [-0.3, -0.25) is 14.6 Å². The van der Waals surface area contributed by atoms with E-state index in [2.05, 4.69) is 61.9 Å². The molecule has 1 aromatic carbocycles. The topological polar surface area (TPSA) is 50.9 Å². The normalized spacial score (nSPS) is 24.3. The maximum atomic E-state index is 11.6. The van der Waals surface area contributed by atoms with E-state index in [0.29, 0.717) is 6.42 Å². The molecule has 3 heterocycles. The summed E-state index contributed by atoms with van der Waals surface area (Å²) in [5.41, 5.74) is 6.25. The van der Waals surface area contributed by atoms with Gasteiger partial charge in [0.1, 0.15) is 0 Å². The van der Waals surface area contributed by atoms with E-state index in [4.69, 9.17) is 0 Å². The molecule has 0 aromatic heterocycles. The summed E-state index contributed by atoms with van der Waals surface area (Å²) in [6.45, 7) is 15.1. The number of hydrogen-bond acceptors (Lipinski definition) is 5. The van der Waals surface area contributed by atoms with E-state index in [9.17, 15) is 4.79 Å². The summed E-state index contributed by atoms with van der Waals surface area (Å²) < 4.78 is 0. The predicted molar refractivity (Wildman–Crippen MR) is 121 cm³/mol. The number of allylic oxidation sites excluding steroid dienone is 1. The molecule has 0 radical (unpaired) electrons. The van der Waals surface area contributed by atoms with Gasteiger partial charge in [-0.05, 0) is 24.1 Å². The van der Waals surface area contributed by atoms with E-state index >= 15 is 0 Å². The molecule has 3 aliphatic heterocycles. The maximum Gasteiger partial charge on any atom is 0.224 e. The third kappa shape index (κ3) is 5.09. The molecule has 6 heteroatoms. The highest BCUT2D eigenvalue weighted by molar-refractivity contribution is 5.79. The fraction of sp³-hybridized carbons (Fsp3) is 0.565. The van der Waals surface area contributed by atoms with Gasteiger partial charge in [0, 0.05) is 86.3 Å². The van der Waals surface area contributed by atoms with Crippen LogP contribution in [0.5, 0.6) is 0 Å². The summed E-state index contributed by atoms with van der Waals surface area (Å²) in [5, 5.41) is 6.34. The molecule has 160 valence electrons. The summed E-state index contributed by atoms with van der Waals surface area (Å²) in [6.07, 6.45) is 1.39. The van der Waals surface area contributed by atoms with Gasteiger partial charge >= 0.3 is 0 Å². The number of nitrogens with zero attached hydrogens (tertiary/aromatic N) is 3. The Labute approximate surface area is 177 Å². The molecule has 3 fully saturated rings. The van der Waals surface area contributed by atoms with Gasteiger partial charge in [-0.1, -0.05) is 18.7 Å². The summed E-state index contributed by atoms with van der Waals surface area (Å²) in [4.78, 5) is 19.3. The molecule has 6 nitrogen and oxygen atoms in total. The van der Waals surface area contributed by atoms with Crippen molar-refractivity contribution in [3.8, 4) is 0 Å². The zero-order chi connectivity index (χ0) is 20.1. The van der Waals surface area contributed by atoms with Crippen molar-refractivity contribution in [2.45, 2.75) is 18.8 Å². The summed E-state index contributed by atoms with van der Waals surface area (Å²) in [6, 6.07) is 8.85. The van der Waals surface area contributed by atoms with Crippen LogP contribution in [0.3, 0.4) is 0 Å². The molecule has 29 heavy (non-hydrogen) atoms. The quantitative estimate of drug-likeness (QED) is 0.741. The molecule has 1 aromatic rings. The first-order valence-corrected chi connectivity index (χ1v) is 10.9. The van der Waals surface area contributed by atoms with Crippen molar-refractivity contribution >= 4 is 11.6 Å². The van der Waals surface area contributed by atoms with Crippen LogP contribution in [-0.4, -0.2) is 81.2 Å². The van der Waals surface area contributed by atoms with Crippen molar-refractivity contribution in [3.63, 3.8) is 0 Å². The number of anilines is 1. The average molecular weight is 400 g/mol. The molecule has 2 N–H and O–H groups in total. The number of piperidine rings is 1. The first-order chi connectivity index (χ1) is 14.2. The number of piperazine rings is 2. The predicted octanol–water partition coefficient (Wildman–Crippen LogP) is 1.87. The Hall–Kier alpha value is -2.11. The number of nitrogens with one attached hydrogen (secondary N) is 2. The zero-order valence-electron chi connectivity index (χ0n) is 17.3. The summed E-state index contributed by atoms with van der Waals surface area (Å²) in [5.74, 6) is 0.264. The molecule has 4 rings (SSSR count). The van der Waals surface area contributed by atoms with Crippen LogP contribution in [0.15, 0.2) is 42.3 Å². The third-order valence-corrected chi connectivity index (χ3v) is 6.45. The minimum atomic E-state index is 0. The minimum Gasteiger partial charge on any atom is -0.369 e. The maximum absolute atomic E-state index is 11.6. The van der Waals surface area contributed by atoms with E-state index in [1.807, 2.05) is 0 Å². The SMILES string of the molecule is C=C=C1NC(=O)CCC1c1ccc(N2CCN(CCN3CCNCC3)CC2)cc1.[HH].[HH]. The van der Waals surface area contributed by atoms with Crippen LogP contribution in [0.25, 0.3) is 0 Å². The fourth-order valence-corrected chi connectivity index (χ4v) is 4.59. The lowest BCUT2D eigenvalue weighted by Crippen LogP contribution is -2.50. The molecule has 0 aliphatic carbocycles. The Kier molecular flexibility index (Phi) is 6.67. The second kappa shape index (κ2) is 9.59. The standard InChI is InChI=1S/C23H33N5O.2H2/c1-2-22-21(7-8-23(29)25-22)19-3-5-20(6-4-19)28-17-15-27(16-18-28)14-13-26-11-9-24-10-12-26;;/h3-6,21,24H,1,7-18H2,(H,25,29);2*1H. The molecule has 0 saturated carbocycles. The van der Waals surface area contributed by atoms with Crippen molar-refractivity contribution in [3.05, 3.63) is 47.8 Å². The Morgan fingerprint density at radius 2 is 1.66 bits per heavy atom. The Morgan fingerprint density at radius 1 is 1.00 bits per heavy atom. The van der Waals surface area contributed by atoms with E-state index in [1.165, 1.54) is 37.4 Å². The van der Waals surface area contributed by atoms with E-state index in [0.717, 1.165) is 51.4 Å². The highest BCUT2D eigenvalue weighted by Gasteiger charge is 2.25. The molecule has 0 spiro atoms. The largest absolute Gasteiger partial charge is 0.369 e. The number of carbonyl (C=O) groups excluding carboxylic acids is 1. The highest BCUT2D eigenvalue weighted by atomic mass is 16.1. The number of rotatable bonds is 5. The first-order valence-electron chi connectivity index (χ1n) is 10.9. The van der Waals surface area contributed by atoms with Crippen LogP contribution in [0.2, 0.25) is 0 Å². The molecule has 0 bridgehead atoms. The highest BCUT2D eigenvalue weighted by Crippen LogP contribution is 2.31. The van der Waals surface area contributed by atoms with Gasteiger partial charge in [0.25, 0.3) is 0 Å². The number of benzene rings is 1. The number of hydrogen-bond donors (Lipinski definition) is 2. The Bertz CT molecular complexity index is 752. The molecule has 1 atom stereocenters. The van der Waals surface area contributed by atoms with Gasteiger partial charge in [0.15, 0.2) is 0 Å². The van der Waals surface area contributed by atoms with Crippen LogP contribution in [-0.2, 0) is 4.79 Å². The average Bonchev–Trinajstić information content (AvgIpc) is 2.79. The van der Waals surface area contributed by atoms with Gasteiger partial charge in [-0.15, -0.1) is 5.73 Å². The van der Waals surface area contributed by atoms with Crippen molar-refractivity contribution in [2.24, 2.45) is 0 Å². The number of amides is 1. The molecule has 1 amide bonds. The second-order valence-electron chi connectivity index (χ2n) is 8.24. The lowest BCUT2D eigenvalue weighted by atomic mass is 9.88. The second-order valence-corrected chi connectivity index (χ2v) is 8.24. The van der Waals surface area contributed by atoms with Gasteiger partial charge in [-0.2, -0.15) is 0 Å². The van der Waals surface area contributed by atoms with Gasteiger partial charge in [0.05, 0.1) is 5.70 Å². The summed E-state index contributed by atoms with van der Waals surface area (Å²) >= 11 is 0. The van der Waals surface area contributed by atoms with Gasteiger partial charge < -0.3 is 15.5 Å². The van der Waals surface area contributed by atoms with E-state index in [1.54, 1.807) is 0 Å². The van der Waals surface area contributed by atoms with Crippen LogP contribution in [0.4, 0.5) is 5.69 Å². The number of carbonyl (C=O) groups is 1. The van der Waals surface area contributed by atoms with Crippen LogP contribution >= 0.6 is 0 Å². The summed E-state index contributed by atoms with van der Waals surface area (Å²) in [7, 11) is 0. The van der Waals surface area contributed by atoms with Crippen LogP contribution in [0, 0.1) is 0 Å².